The lowest BCUT2D eigenvalue weighted by Crippen LogP contribution is -1.83. The average Bonchev–Trinajstić information content (AvgIpc) is 2.61. The molecule has 120 valence electrons. The molecule has 0 aliphatic carbocycles. The third-order valence-electron chi connectivity index (χ3n) is 3.40. The Kier molecular flexibility index (Phi) is 5.97. The van der Waals surface area contributed by atoms with E-state index in [2.05, 4.69) is 41.4 Å². The minimum Gasteiger partial charge on any atom is -0.256 e. The van der Waals surface area contributed by atoms with Gasteiger partial charge in [-0.05, 0) is 42.0 Å². The number of thioether (sulfide) groups is 1. The molecule has 0 heterocycles. The van der Waals surface area contributed by atoms with Crippen LogP contribution in [0, 0.1) is 0 Å². The van der Waals surface area contributed by atoms with Crippen LogP contribution in [0.5, 0.6) is 0 Å². The van der Waals surface area contributed by atoms with Crippen molar-refractivity contribution in [3.8, 4) is 0 Å². The molecule has 3 aromatic carbocycles. The first-order valence-electron chi connectivity index (χ1n) is 7.46. The van der Waals surface area contributed by atoms with Gasteiger partial charge in [0.25, 0.3) is 0 Å². The fraction of sp³-hybridized carbons (Fsp3) is 0.0500. The largest absolute Gasteiger partial charge is 0.256 e. The summed E-state index contributed by atoms with van der Waals surface area (Å²) in [5.74, 6) is 0.941. The molecule has 0 saturated heterocycles. The van der Waals surface area contributed by atoms with Crippen LogP contribution in [0.1, 0.15) is 11.1 Å². The SMILES string of the molecule is Clc1ccc(C=Nc2ccc(CSc3ccccc3)cc2)c(Cl)c1. The smallest absolute Gasteiger partial charge is 0.0630 e. The lowest BCUT2D eigenvalue weighted by Gasteiger charge is -2.03. The summed E-state index contributed by atoms with van der Waals surface area (Å²) in [7, 11) is 0. The van der Waals surface area contributed by atoms with E-state index in [-0.39, 0.29) is 0 Å². The Balaban J connectivity index is 1.63. The van der Waals surface area contributed by atoms with Gasteiger partial charge in [0.1, 0.15) is 0 Å². The highest BCUT2D eigenvalue weighted by Gasteiger charge is 1.99. The van der Waals surface area contributed by atoms with Gasteiger partial charge in [-0.15, -0.1) is 11.8 Å². The maximum absolute atomic E-state index is 6.14. The highest BCUT2D eigenvalue weighted by Crippen LogP contribution is 2.24. The summed E-state index contributed by atoms with van der Waals surface area (Å²) in [4.78, 5) is 5.74. The molecule has 4 heteroatoms. The predicted molar refractivity (Wildman–Crippen MR) is 106 cm³/mol. The highest BCUT2D eigenvalue weighted by molar-refractivity contribution is 7.98. The zero-order chi connectivity index (χ0) is 16.8. The van der Waals surface area contributed by atoms with Crippen LogP contribution in [-0.2, 0) is 5.75 Å². The van der Waals surface area contributed by atoms with Crippen molar-refractivity contribution in [2.45, 2.75) is 10.6 Å². The van der Waals surface area contributed by atoms with Crippen LogP contribution >= 0.6 is 35.0 Å². The van der Waals surface area contributed by atoms with E-state index >= 15 is 0 Å². The Hall–Kier alpha value is -1.74. The van der Waals surface area contributed by atoms with Crippen molar-refractivity contribution in [2.24, 2.45) is 4.99 Å². The van der Waals surface area contributed by atoms with E-state index in [4.69, 9.17) is 23.2 Å². The molecule has 0 aliphatic heterocycles. The summed E-state index contributed by atoms with van der Waals surface area (Å²) in [6.07, 6.45) is 1.76. The number of nitrogens with zero attached hydrogens (tertiary/aromatic N) is 1. The van der Waals surface area contributed by atoms with Crippen LogP contribution in [0.2, 0.25) is 10.0 Å². The molecule has 0 spiro atoms. The first kappa shape index (κ1) is 17.1. The monoisotopic (exact) mass is 371 g/mol. The third-order valence-corrected chi connectivity index (χ3v) is 5.05. The molecule has 0 amide bonds. The summed E-state index contributed by atoms with van der Waals surface area (Å²) in [6.45, 7) is 0. The zero-order valence-electron chi connectivity index (χ0n) is 12.8. The molecular weight excluding hydrogens is 357 g/mol. The molecule has 3 aromatic rings. The molecule has 0 aliphatic rings. The number of benzene rings is 3. The zero-order valence-corrected chi connectivity index (χ0v) is 15.2. The Morgan fingerprint density at radius 3 is 2.33 bits per heavy atom. The van der Waals surface area contributed by atoms with E-state index in [1.165, 1.54) is 10.5 Å². The number of rotatable bonds is 5. The third kappa shape index (κ3) is 4.88. The maximum Gasteiger partial charge on any atom is 0.0630 e. The van der Waals surface area contributed by atoms with Gasteiger partial charge in [-0.25, -0.2) is 0 Å². The van der Waals surface area contributed by atoms with Crippen molar-refractivity contribution in [1.82, 2.24) is 0 Å². The lowest BCUT2D eigenvalue weighted by molar-refractivity contribution is 1.37. The van der Waals surface area contributed by atoms with Gasteiger partial charge in [0.15, 0.2) is 0 Å². The fourth-order valence-corrected chi connectivity index (χ4v) is 3.44. The number of hydrogen-bond acceptors (Lipinski definition) is 2. The van der Waals surface area contributed by atoms with Gasteiger partial charge in [-0.3, -0.25) is 4.99 Å². The molecule has 0 N–H and O–H groups in total. The Labute approximate surface area is 156 Å². The van der Waals surface area contributed by atoms with Crippen LogP contribution in [0.3, 0.4) is 0 Å². The van der Waals surface area contributed by atoms with E-state index in [9.17, 15) is 0 Å². The molecular formula is C20H15Cl2NS. The van der Waals surface area contributed by atoms with Gasteiger partial charge in [0.2, 0.25) is 0 Å². The van der Waals surface area contributed by atoms with Crippen LogP contribution in [0.4, 0.5) is 5.69 Å². The van der Waals surface area contributed by atoms with E-state index in [0.717, 1.165) is 17.0 Å². The Bertz CT molecular complexity index is 830. The Morgan fingerprint density at radius 2 is 1.62 bits per heavy atom. The summed E-state index contributed by atoms with van der Waals surface area (Å²) < 4.78 is 0. The Morgan fingerprint density at radius 1 is 0.875 bits per heavy atom. The second-order valence-corrected chi connectivity index (χ2v) is 7.08. The number of aliphatic imine (C=N–C) groups is 1. The van der Waals surface area contributed by atoms with Crippen LogP contribution in [0.25, 0.3) is 0 Å². The van der Waals surface area contributed by atoms with Crippen molar-refractivity contribution in [3.63, 3.8) is 0 Å². The second-order valence-electron chi connectivity index (χ2n) is 5.19. The molecule has 1 nitrogen and oxygen atoms in total. The molecule has 3 rings (SSSR count). The van der Waals surface area contributed by atoms with Crippen LogP contribution in [0.15, 0.2) is 82.7 Å². The summed E-state index contributed by atoms with van der Waals surface area (Å²) in [6, 6.07) is 24.0. The first-order valence-corrected chi connectivity index (χ1v) is 9.21. The quantitative estimate of drug-likeness (QED) is 0.346. The van der Waals surface area contributed by atoms with Crippen molar-refractivity contribution in [2.75, 3.05) is 0 Å². The van der Waals surface area contributed by atoms with Gasteiger partial charge in [0, 0.05) is 27.4 Å². The standard InChI is InChI=1S/C20H15Cl2NS/c21-17-9-8-16(20(22)12-17)13-23-18-10-6-15(7-11-18)14-24-19-4-2-1-3-5-19/h1-13H,14H2. The fourth-order valence-electron chi connectivity index (χ4n) is 2.11. The van der Waals surface area contributed by atoms with Gasteiger partial charge in [0.05, 0.1) is 10.7 Å². The highest BCUT2D eigenvalue weighted by atomic mass is 35.5. The molecule has 0 atom stereocenters. The molecule has 0 bridgehead atoms. The van der Waals surface area contributed by atoms with Gasteiger partial charge < -0.3 is 0 Å². The summed E-state index contributed by atoms with van der Waals surface area (Å²) in [5, 5.41) is 1.22. The minimum atomic E-state index is 0.599. The van der Waals surface area contributed by atoms with Gasteiger partial charge in [-0.1, -0.05) is 59.6 Å². The molecule has 0 unspecified atom stereocenters. The van der Waals surface area contributed by atoms with E-state index in [1.807, 2.05) is 36.0 Å². The molecule has 0 aromatic heterocycles. The van der Waals surface area contributed by atoms with Crippen molar-refractivity contribution in [3.05, 3.63) is 94.0 Å². The summed E-state index contributed by atoms with van der Waals surface area (Å²) >= 11 is 13.9. The van der Waals surface area contributed by atoms with E-state index < -0.39 is 0 Å². The molecule has 0 saturated carbocycles. The first-order chi connectivity index (χ1) is 11.7. The number of halogens is 2. The van der Waals surface area contributed by atoms with E-state index in [1.54, 1.807) is 18.3 Å². The topological polar surface area (TPSA) is 12.4 Å². The van der Waals surface area contributed by atoms with Crippen LogP contribution in [-0.4, -0.2) is 6.21 Å². The number of hydrogen-bond donors (Lipinski definition) is 0. The van der Waals surface area contributed by atoms with Gasteiger partial charge in [-0.2, -0.15) is 0 Å². The second kappa shape index (κ2) is 8.39. The normalized spacial score (nSPS) is 11.1. The molecule has 24 heavy (non-hydrogen) atoms. The van der Waals surface area contributed by atoms with Crippen molar-refractivity contribution in [1.29, 1.82) is 0 Å². The van der Waals surface area contributed by atoms with Gasteiger partial charge >= 0.3 is 0 Å². The maximum atomic E-state index is 6.14. The summed E-state index contributed by atoms with van der Waals surface area (Å²) in [5.41, 5.74) is 3.02. The molecule has 0 radical (unpaired) electrons. The predicted octanol–water partition coefficient (Wildman–Crippen LogP) is 7.04. The van der Waals surface area contributed by atoms with Crippen molar-refractivity contribution < 1.29 is 0 Å². The lowest BCUT2D eigenvalue weighted by atomic mass is 10.2. The van der Waals surface area contributed by atoms with E-state index in [0.29, 0.717) is 10.0 Å². The van der Waals surface area contributed by atoms with Crippen molar-refractivity contribution >= 4 is 46.9 Å². The van der Waals surface area contributed by atoms with Crippen LogP contribution < -0.4 is 0 Å². The minimum absolute atomic E-state index is 0.599. The molecule has 0 fully saturated rings. The average molecular weight is 372 g/mol.